The number of rotatable bonds is 1. The molecule has 0 aliphatic heterocycles. The zero-order valence-corrected chi connectivity index (χ0v) is 15.8. The Bertz CT molecular complexity index is 659. The number of aliphatic hydroxyl groups is 1. The van der Waals surface area contributed by atoms with Gasteiger partial charge in [0, 0.05) is 13.2 Å². The van der Waals surface area contributed by atoms with Crippen LogP contribution in [0.3, 0.4) is 0 Å². The topological polar surface area (TPSA) is 53.2 Å². The lowest BCUT2D eigenvalue weighted by molar-refractivity contribution is -0.122. The van der Waals surface area contributed by atoms with Gasteiger partial charge in [0.25, 0.3) is 0 Å². The fourth-order valence-electron chi connectivity index (χ4n) is 7.12. The van der Waals surface area contributed by atoms with Gasteiger partial charge in [0.15, 0.2) is 0 Å². The summed E-state index contributed by atoms with van der Waals surface area (Å²) in [5.41, 5.74) is 3.11. The van der Waals surface area contributed by atoms with Crippen LogP contribution in [0.2, 0.25) is 0 Å². The summed E-state index contributed by atoms with van der Waals surface area (Å²) in [5.74, 6) is 1.84. The summed E-state index contributed by atoms with van der Waals surface area (Å²) in [7, 11) is 1.87. The van der Waals surface area contributed by atoms with Gasteiger partial charge in [0.1, 0.15) is 0 Å². The van der Waals surface area contributed by atoms with Crippen molar-refractivity contribution in [2.75, 3.05) is 7.11 Å². The summed E-state index contributed by atoms with van der Waals surface area (Å²) >= 11 is 0. The molecule has 7 unspecified atom stereocenters. The molecule has 3 heteroatoms. The maximum Gasteiger partial charge on any atom is 0.0911 e. The van der Waals surface area contributed by atoms with Gasteiger partial charge in [-0.15, -0.1) is 0 Å². The van der Waals surface area contributed by atoms with Crippen LogP contribution in [0.5, 0.6) is 0 Å². The number of nitriles is 1. The SMILES string of the molecule is COC1CC2(C)C(=CC#N)CCC2C2CC=C3CC(O)CCC3(C)C12. The first-order chi connectivity index (χ1) is 11.9. The number of hydrogen-bond acceptors (Lipinski definition) is 3. The van der Waals surface area contributed by atoms with Gasteiger partial charge in [-0.2, -0.15) is 5.26 Å². The highest BCUT2D eigenvalue weighted by Gasteiger charge is 2.60. The van der Waals surface area contributed by atoms with E-state index in [0.717, 1.165) is 38.5 Å². The van der Waals surface area contributed by atoms with Crippen LogP contribution < -0.4 is 0 Å². The summed E-state index contributed by atoms with van der Waals surface area (Å²) in [4.78, 5) is 0. The molecule has 0 aromatic carbocycles. The largest absolute Gasteiger partial charge is 0.393 e. The van der Waals surface area contributed by atoms with Gasteiger partial charge in [-0.05, 0) is 73.5 Å². The third-order valence-corrected chi connectivity index (χ3v) is 8.38. The van der Waals surface area contributed by atoms with E-state index in [4.69, 9.17) is 4.74 Å². The number of allylic oxidation sites excluding steroid dienone is 3. The molecule has 4 rings (SSSR count). The molecule has 0 spiro atoms. The van der Waals surface area contributed by atoms with Gasteiger partial charge in [-0.1, -0.05) is 31.1 Å². The Balaban J connectivity index is 1.75. The van der Waals surface area contributed by atoms with E-state index in [0.29, 0.717) is 17.8 Å². The quantitative estimate of drug-likeness (QED) is 0.568. The first-order valence-corrected chi connectivity index (χ1v) is 9.93. The van der Waals surface area contributed by atoms with Gasteiger partial charge in [0.2, 0.25) is 0 Å². The molecule has 25 heavy (non-hydrogen) atoms. The Kier molecular flexibility index (Phi) is 4.13. The number of nitrogens with zero attached hydrogens (tertiary/aromatic N) is 1. The first-order valence-electron chi connectivity index (χ1n) is 9.93. The second kappa shape index (κ2) is 5.96. The van der Waals surface area contributed by atoms with Crippen molar-refractivity contribution in [1.82, 2.24) is 0 Å². The summed E-state index contributed by atoms with van der Waals surface area (Å²) in [6.45, 7) is 4.81. The standard InChI is InChI=1S/C22H31NO2/c1-21-10-8-16(24)12-15(21)4-6-17-18-7-5-14(9-11-23)22(18,2)13-19(25-3)20(17)21/h4,9,16-20,24H,5-8,10,12-13H2,1-3H3. The molecule has 0 heterocycles. The van der Waals surface area contributed by atoms with Crippen molar-refractivity contribution in [3.63, 3.8) is 0 Å². The molecule has 3 nitrogen and oxygen atoms in total. The molecule has 3 fully saturated rings. The molecule has 0 bridgehead atoms. The molecule has 3 saturated carbocycles. The molecular formula is C22H31NO2. The third-order valence-electron chi connectivity index (χ3n) is 8.38. The Morgan fingerprint density at radius 2 is 2.12 bits per heavy atom. The van der Waals surface area contributed by atoms with Crippen LogP contribution in [0.1, 0.15) is 58.8 Å². The van der Waals surface area contributed by atoms with Crippen molar-refractivity contribution in [2.24, 2.45) is 28.6 Å². The van der Waals surface area contributed by atoms with Gasteiger partial charge in [-0.25, -0.2) is 0 Å². The van der Waals surface area contributed by atoms with Crippen molar-refractivity contribution < 1.29 is 9.84 Å². The number of hydrogen-bond donors (Lipinski definition) is 1. The van der Waals surface area contributed by atoms with Crippen molar-refractivity contribution in [3.8, 4) is 6.07 Å². The predicted octanol–water partition coefficient (Wildman–Crippen LogP) is 4.38. The smallest absolute Gasteiger partial charge is 0.0911 e. The van der Waals surface area contributed by atoms with Crippen LogP contribution in [0, 0.1) is 39.9 Å². The molecule has 0 aromatic rings. The summed E-state index contributed by atoms with van der Waals surface area (Å²) < 4.78 is 6.10. The Hall–Kier alpha value is -1.11. The lowest BCUT2D eigenvalue weighted by Crippen LogP contribution is -2.56. The monoisotopic (exact) mass is 341 g/mol. The average Bonchev–Trinajstić information content (AvgIpc) is 2.91. The van der Waals surface area contributed by atoms with E-state index in [2.05, 4.69) is 26.0 Å². The minimum Gasteiger partial charge on any atom is -0.393 e. The Labute approximate surface area is 151 Å². The molecule has 0 radical (unpaired) electrons. The number of aliphatic hydroxyl groups excluding tert-OH is 1. The normalized spacial score (nSPS) is 50.4. The minimum absolute atomic E-state index is 0.119. The number of methoxy groups -OCH3 is 1. The van der Waals surface area contributed by atoms with Crippen LogP contribution in [-0.2, 0) is 4.74 Å². The molecule has 7 atom stereocenters. The zero-order chi connectivity index (χ0) is 17.8. The number of fused-ring (bicyclic) bond motifs is 5. The third kappa shape index (κ3) is 2.37. The maximum atomic E-state index is 10.2. The van der Waals surface area contributed by atoms with Crippen LogP contribution >= 0.6 is 0 Å². The van der Waals surface area contributed by atoms with E-state index in [-0.39, 0.29) is 23.0 Å². The highest BCUT2D eigenvalue weighted by molar-refractivity contribution is 5.32. The fourth-order valence-corrected chi connectivity index (χ4v) is 7.12. The lowest BCUT2D eigenvalue weighted by atomic mass is 9.47. The van der Waals surface area contributed by atoms with Crippen molar-refractivity contribution >= 4 is 0 Å². The molecular weight excluding hydrogens is 310 g/mol. The summed E-state index contributed by atoms with van der Waals surface area (Å²) in [6, 6.07) is 2.29. The van der Waals surface area contributed by atoms with Crippen LogP contribution in [0.4, 0.5) is 0 Å². The highest BCUT2D eigenvalue weighted by Crippen LogP contribution is 2.66. The molecule has 0 saturated heterocycles. The maximum absolute atomic E-state index is 10.2. The molecule has 136 valence electrons. The number of ether oxygens (including phenoxy) is 1. The molecule has 0 aromatic heterocycles. The van der Waals surface area contributed by atoms with Gasteiger partial charge in [0.05, 0.1) is 18.3 Å². The summed E-state index contributed by atoms with van der Waals surface area (Å²) in [6.07, 6.45) is 11.6. The van der Waals surface area contributed by atoms with E-state index in [1.54, 1.807) is 0 Å². The second-order valence-electron chi connectivity index (χ2n) is 9.31. The first kappa shape index (κ1) is 17.3. The average molecular weight is 341 g/mol. The van der Waals surface area contributed by atoms with Crippen LogP contribution in [0.25, 0.3) is 0 Å². The predicted molar refractivity (Wildman–Crippen MR) is 97.6 cm³/mol. The van der Waals surface area contributed by atoms with Crippen molar-refractivity contribution in [2.45, 2.75) is 71.0 Å². The van der Waals surface area contributed by atoms with Crippen LogP contribution in [-0.4, -0.2) is 24.4 Å². The second-order valence-corrected chi connectivity index (χ2v) is 9.31. The molecule has 4 aliphatic rings. The van der Waals surface area contributed by atoms with Gasteiger partial charge < -0.3 is 9.84 Å². The minimum atomic E-state index is -0.164. The zero-order valence-electron chi connectivity index (χ0n) is 15.8. The van der Waals surface area contributed by atoms with Crippen LogP contribution in [0.15, 0.2) is 23.3 Å². The summed E-state index contributed by atoms with van der Waals surface area (Å²) in [5, 5.41) is 19.4. The molecule has 1 N–H and O–H groups in total. The van der Waals surface area contributed by atoms with Gasteiger partial charge in [-0.3, -0.25) is 0 Å². The van der Waals surface area contributed by atoms with E-state index >= 15 is 0 Å². The van der Waals surface area contributed by atoms with Crippen molar-refractivity contribution in [1.29, 1.82) is 5.26 Å². The molecule has 4 aliphatic carbocycles. The Morgan fingerprint density at radius 3 is 2.84 bits per heavy atom. The lowest BCUT2D eigenvalue weighted by Gasteiger charge is -2.59. The van der Waals surface area contributed by atoms with E-state index in [9.17, 15) is 10.4 Å². The van der Waals surface area contributed by atoms with E-state index < -0.39 is 0 Å². The van der Waals surface area contributed by atoms with E-state index in [1.807, 2.05) is 13.2 Å². The molecule has 0 amide bonds. The van der Waals surface area contributed by atoms with Gasteiger partial charge >= 0.3 is 0 Å². The van der Waals surface area contributed by atoms with Crippen molar-refractivity contribution in [3.05, 3.63) is 23.3 Å². The van der Waals surface area contributed by atoms with E-state index in [1.165, 1.54) is 17.6 Å². The fraction of sp³-hybridized carbons (Fsp3) is 0.773. The highest BCUT2D eigenvalue weighted by atomic mass is 16.5. The Morgan fingerprint density at radius 1 is 1.32 bits per heavy atom.